The monoisotopic (exact) mass is 431 g/mol. The molecule has 0 aliphatic carbocycles. The van der Waals surface area contributed by atoms with Crippen molar-refractivity contribution in [3.8, 4) is 0 Å². The molecule has 0 saturated carbocycles. The number of para-hydroxylation sites is 1. The van der Waals surface area contributed by atoms with E-state index in [0.717, 1.165) is 42.4 Å². The van der Waals surface area contributed by atoms with E-state index < -0.39 is 5.97 Å². The highest BCUT2D eigenvalue weighted by Gasteiger charge is 2.25. The maximum atomic E-state index is 13.1. The molecule has 4 rings (SSSR count). The van der Waals surface area contributed by atoms with Crippen molar-refractivity contribution in [3.63, 3.8) is 0 Å². The molecule has 0 radical (unpaired) electrons. The van der Waals surface area contributed by atoms with Crippen LogP contribution >= 0.6 is 0 Å². The average Bonchev–Trinajstić information content (AvgIpc) is 3.35. The van der Waals surface area contributed by atoms with Crippen LogP contribution in [0.5, 0.6) is 0 Å². The van der Waals surface area contributed by atoms with Crippen molar-refractivity contribution in [3.05, 3.63) is 71.8 Å². The van der Waals surface area contributed by atoms with Gasteiger partial charge in [-0.25, -0.2) is 9.78 Å². The van der Waals surface area contributed by atoms with Crippen molar-refractivity contribution in [2.45, 2.75) is 39.3 Å². The minimum absolute atomic E-state index is 0.0103. The highest BCUT2D eigenvalue weighted by atomic mass is 16.5. The molecule has 32 heavy (non-hydrogen) atoms. The van der Waals surface area contributed by atoms with Gasteiger partial charge in [-0.3, -0.25) is 4.79 Å². The minimum atomic E-state index is -0.512. The molecule has 1 amide bonds. The molecule has 1 aliphatic heterocycles. The zero-order valence-corrected chi connectivity index (χ0v) is 18.7. The summed E-state index contributed by atoms with van der Waals surface area (Å²) in [6.07, 6.45) is 2.15. The lowest BCUT2D eigenvalue weighted by Crippen LogP contribution is -2.39. The number of amides is 1. The number of carbonyl (C=O) groups is 2. The number of pyridine rings is 1. The summed E-state index contributed by atoms with van der Waals surface area (Å²) in [6.45, 7) is 5.83. The van der Waals surface area contributed by atoms with Crippen LogP contribution in [0.25, 0.3) is 10.9 Å². The van der Waals surface area contributed by atoms with Gasteiger partial charge < -0.3 is 14.5 Å². The summed E-state index contributed by atoms with van der Waals surface area (Å²) in [5, 5.41) is 0.876. The third-order valence-electron chi connectivity index (χ3n) is 5.80. The lowest BCUT2D eigenvalue weighted by Gasteiger charge is -2.27. The quantitative estimate of drug-likeness (QED) is 0.518. The van der Waals surface area contributed by atoms with Crippen molar-refractivity contribution < 1.29 is 14.3 Å². The van der Waals surface area contributed by atoms with E-state index >= 15 is 0 Å². The first-order chi connectivity index (χ1) is 15.5. The number of hydrogen-bond acceptors (Lipinski definition) is 5. The SMILES string of the molecule is CC(C)N(Cc1ccccc1)C(=O)COC(=O)c1cc2ccccc2nc1N1CCCC1. The summed E-state index contributed by atoms with van der Waals surface area (Å²) >= 11 is 0. The number of anilines is 1. The molecule has 0 bridgehead atoms. The summed E-state index contributed by atoms with van der Waals surface area (Å²) < 4.78 is 5.51. The predicted molar refractivity (Wildman–Crippen MR) is 126 cm³/mol. The van der Waals surface area contributed by atoms with Gasteiger partial charge in [-0.1, -0.05) is 48.5 Å². The van der Waals surface area contributed by atoms with E-state index in [2.05, 4.69) is 4.90 Å². The van der Waals surface area contributed by atoms with E-state index in [1.807, 2.05) is 74.5 Å². The van der Waals surface area contributed by atoms with Crippen molar-refractivity contribution in [1.29, 1.82) is 0 Å². The summed E-state index contributed by atoms with van der Waals surface area (Å²) in [5.41, 5.74) is 2.30. The van der Waals surface area contributed by atoms with Crippen molar-refractivity contribution in [2.24, 2.45) is 0 Å². The summed E-state index contributed by atoms with van der Waals surface area (Å²) in [5.74, 6) is -0.0840. The molecule has 3 aromatic rings. The number of esters is 1. The fraction of sp³-hybridized carbons (Fsp3) is 0.346. The van der Waals surface area contributed by atoms with E-state index in [1.54, 1.807) is 4.90 Å². The molecular formula is C26H29N3O3. The molecule has 0 spiro atoms. The Morgan fingerprint density at radius 1 is 1.03 bits per heavy atom. The zero-order valence-electron chi connectivity index (χ0n) is 18.7. The Hall–Kier alpha value is -3.41. The molecule has 2 aromatic carbocycles. The van der Waals surface area contributed by atoms with Gasteiger partial charge in [0.25, 0.3) is 5.91 Å². The largest absolute Gasteiger partial charge is 0.452 e. The number of aromatic nitrogens is 1. The van der Waals surface area contributed by atoms with E-state index in [4.69, 9.17) is 9.72 Å². The van der Waals surface area contributed by atoms with Crippen molar-refractivity contribution in [2.75, 3.05) is 24.6 Å². The molecule has 1 aromatic heterocycles. The standard InChI is InChI=1S/C26H29N3O3/c1-19(2)29(17-20-10-4-3-5-11-20)24(30)18-32-26(31)22-16-21-12-6-7-13-23(21)27-25(22)28-14-8-9-15-28/h3-7,10-13,16,19H,8-9,14-15,17-18H2,1-2H3. The van der Waals surface area contributed by atoms with Crippen LogP contribution in [0.3, 0.4) is 0 Å². The van der Waals surface area contributed by atoms with Crippen LogP contribution in [0.1, 0.15) is 42.6 Å². The molecule has 1 aliphatic rings. The number of carbonyl (C=O) groups excluding carboxylic acids is 2. The maximum absolute atomic E-state index is 13.1. The topological polar surface area (TPSA) is 62.7 Å². The molecule has 166 valence electrons. The Kier molecular flexibility index (Phi) is 6.69. The number of benzene rings is 2. The second-order valence-electron chi connectivity index (χ2n) is 8.42. The summed E-state index contributed by atoms with van der Waals surface area (Å²) in [4.78, 5) is 34.6. The van der Waals surface area contributed by atoms with Gasteiger partial charge in [-0.05, 0) is 44.4 Å². The van der Waals surface area contributed by atoms with E-state index in [9.17, 15) is 9.59 Å². The van der Waals surface area contributed by atoms with Crippen LogP contribution in [0.2, 0.25) is 0 Å². The fourth-order valence-electron chi connectivity index (χ4n) is 4.05. The smallest absolute Gasteiger partial charge is 0.342 e. The van der Waals surface area contributed by atoms with Gasteiger partial charge >= 0.3 is 5.97 Å². The Bertz CT molecular complexity index is 1090. The fourth-order valence-corrected chi connectivity index (χ4v) is 4.05. The Morgan fingerprint density at radius 3 is 2.44 bits per heavy atom. The Labute approximate surface area is 188 Å². The van der Waals surface area contributed by atoms with Crippen LogP contribution in [0.4, 0.5) is 5.82 Å². The first kappa shape index (κ1) is 21.8. The first-order valence-electron chi connectivity index (χ1n) is 11.2. The van der Waals surface area contributed by atoms with Crippen LogP contribution in [-0.2, 0) is 16.1 Å². The molecule has 1 fully saturated rings. The van der Waals surface area contributed by atoms with Crippen LogP contribution in [0, 0.1) is 0 Å². The number of ether oxygens (including phenoxy) is 1. The third kappa shape index (κ3) is 4.90. The van der Waals surface area contributed by atoms with E-state index in [0.29, 0.717) is 17.9 Å². The molecule has 0 atom stereocenters. The van der Waals surface area contributed by atoms with Gasteiger partial charge in [0.15, 0.2) is 6.61 Å². The molecule has 6 nitrogen and oxygen atoms in total. The Balaban J connectivity index is 1.51. The maximum Gasteiger partial charge on any atom is 0.342 e. The molecule has 0 unspecified atom stereocenters. The van der Waals surface area contributed by atoms with Gasteiger partial charge in [0.1, 0.15) is 11.4 Å². The van der Waals surface area contributed by atoms with E-state index in [-0.39, 0.29) is 18.6 Å². The highest BCUT2D eigenvalue weighted by Crippen LogP contribution is 2.27. The molecule has 2 heterocycles. The normalized spacial score (nSPS) is 13.5. The van der Waals surface area contributed by atoms with Crippen molar-refractivity contribution in [1.82, 2.24) is 9.88 Å². The predicted octanol–water partition coefficient (Wildman–Crippen LogP) is 4.43. The number of fused-ring (bicyclic) bond motifs is 1. The Morgan fingerprint density at radius 2 is 1.72 bits per heavy atom. The molecular weight excluding hydrogens is 402 g/mol. The highest BCUT2D eigenvalue weighted by molar-refractivity contribution is 6.00. The number of rotatable bonds is 7. The lowest BCUT2D eigenvalue weighted by molar-refractivity contribution is -0.136. The van der Waals surface area contributed by atoms with Gasteiger partial charge in [0.05, 0.1) is 5.52 Å². The second-order valence-corrected chi connectivity index (χ2v) is 8.42. The van der Waals surface area contributed by atoms with Crippen LogP contribution in [-0.4, -0.2) is 47.5 Å². The van der Waals surface area contributed by atoms with Crippen LogP contribution in [0.15, 0.2) is 60.7 Å². The van der Waals surface area contributed by atoms with Gasteiger partial charge in [-0.2, -0.15) is 0 Å². The zero-order chi connectivity index (χ0) is 22.5. The average molecular weight is 432 g/mol. The number of nitrogens with zero attached hydrogens (tertiary/aromatic N) is 3. The second kappa shape index (κ2) is 9.81. The van der Waals surface area contributed by atoms with Crippen LogP contribution < -0.4 is 4.90 Å². The van der Waals surface area contributed by atoms with Crippen molar-refractivity contribution >= 4 is 28.6 Å². The van der Waals surface area contributed by atoms with E-state index in [1.165, 1.54) is 0 Å². The molecule has 1 saturated heterocycles. The molecule has 0 N–H and O–H groups in total. The first-order valence-corrected chi connectivity index (χ1v) is 11.2. The minimum Gasteiger partial charge on any atom is -0.452 e. The van der Waals surface area contributed by atoms with Gasteiger partial charge in [-0.15, -0.1) is 0 Å². The summed E-state index contributed by atoms with van der Waals surface area (Å²) in [7, 11) is 0. The third-order valence-corrected chi connectivity index (χ3v) is 5.80. The number of hydrogen-bond donors (Lipinski definition) is 0. The molecule has 6 heteroatoms. The van der Waals surface area contributed by atoms with Gasteiger partial charge in [0.2, 0.25) is 0 Å². The van der Waals surface area contributed by atoms with Gasteiger partial charge in [0, 0.05) is 31.1 Å². The lowest BCUT2D eigenvalue weighted by atomic mass is 10.1. The summed E-state index contributed by atoms with van der Waals surface area (Å²) in [6, 6.07) is 19.4.